The summed E-state index contributed by atoms with van der Waals surface area (Å²) in [6.45, 7) is 2.38. The predicted octanol–water partition coefficient (Wildman–Crippen LogP) is 5.37. The second-order valence-corrected chi connectivity index (χ2v) is 9.74. The molecule has 1 N–H and O–H groups in total. The third kappa shape index (κ3) is 4.50. The lowest BCUT2D eigenvalue weighted by Crippen LogP contribution is -2.48. The van der Waals surface area contributed by atoms with E-state index >= 15 is 0 Å². The van der Waals surface area contributed by atoms with Gasteiger partial charge in [-0.05, 0) is 47.8 Å². The molecule has 3 aromatic heterocycles. The Morgan fingerprint density at radius 1 is 1.00 bits per heavy atom. The number of piperazine rings is 1. The van der Waals surface area contributed by atoms with Crippen LogP contribution in [0.3, 0.4) is 0 Å². The fraction of sp³-hybridized carbons (Fsp3) is 0.179. The number of hydrogen-bond acceptors (Lipinski definition) is 8. The van der Waals surface area contributed by atoms with Gasteiger partial charge in [0.25, 0.3) is 11.8 Å². The van der Waals surface area contributed by atoms with Gasteiger partial charge in [-0.1, -0.05) is 23.4 Å². The van der Waals surface area contributed by atoms with Gasteiger partial charge in [0, 0.05) is 43.3 Å². The number of hydrogen-bond donors (Lipinski definition) is 1. The minimum Gasteiger partial charge on any atom is -0.497 e. The van der Waals surface area contributed by atoms with E-state index in [0.29, 0.717) is 48.6 Å². The van der Waals surface area contributed by atoms with E-state index in [4.69, 9.17) is 13.7 Å². The molecule has 1 fully saturated rings. The number of furan rings is 1. The number of anilines is 2. The molecule has 1 saturated heterocycles. The van der Waals surface area contributed by atoms with Crippen molar-refractivity contribution in [2.45, 2.75) is 0 Å². The monoisotopic (exact) mass is 528 g/mol. The highest BCUT2D eigenvalue weighted by atomic mass is 32.1. The Morgan fingerprint density at radius 2 is 1.79 bits per heavy atom. The summed E-state index contributed by atoms with van der Waals surface area (Å²) >= 11 is 1.49. The number of thiophene rings is 1. The van der Waals surface area contributed by atoms with Gasteiger partial charge in [0.2, 0.25) is 5.76 Å². The molecule has 5 aromatic rings. The van der Waals surface area contributed by atoms with Crippen molar-refractivity contribution >= 4 is 45.5 Å². The van der Waals surface area contributed by atoms with Crippen molar-refractivity contribution in [1.82, 2.24) is 10.1 Å². The maximum absolute atomic E-state index is 13.6. The minimum absolute atomic E-state index is 0.0967. The number of nitrogens with one attached hydrogen (secondary N) is 1. The number of amides is 2. The number of rotatable bonds is 6. The molecule has 192 valence electrons. The molecule has 2 amide bonds. The average molecular weight is 529 g/mol. The maximum Gasteiger partial charge on any atom is 0.291 e. The van der Waals surface area contributed by atoms with Crippen molar-refractivity contribution in [3.8, 4) is 16.4 Å². The van der Waals surface area contributed by atoms with E-state index in [1.54, 1.807) is 24.1 Å². The number of methoxy groups -OCH3 is 1. The number of carbonyl (C=O) groups excluding carboxylic acids is 2. The third-order valence-electron chi connectivity index (χ3n) is 6.54. The number of para-hydroxylation sites is 1. The van der Waals surface area contributed by atoms with Crippen LogP contribution in [0.1, 0.15) is 21.0 Å². The number of ether oxygens (including phenoxy) is 1. The molecule has 0 atom stereocenters. The second kappa shape index (κ2) is 10.1. The molecule has 38 heavy (non-hydrogen) atoms. The summed E-state index contributed by atoms with van der Waals surface area (Å²) in [7, 11) is 1.64. The number of nitrogens with zero attached hydrogens (tertiary/aromatic N) is 3. The van der Waals surface area contributed by atoms with Crippen LogP contribution in [0.25, 0.3) is 21.6 Å². The third-order valence-corrected chi connectivity index (χ3v) is 7.42. The Hall–Kier alpha value is -4.57. The van der Waals surface area contributed by atoms with Crippen molar-refractivity contribution in [2.24, 2.45) is 0 Å². The molecule has 6 rings (SSSR count). The molecule has 0 radical (unpaired) electrons. The molecule has 0 bridgehead atoms. The summed E-state index contributed by atoms with van der Waals surface area (Å²) < 4.78 is 16.6. The Kier molecular flexibility index (Phi) is 6.30. The van der Waals surface area contributed by atoms with Gasteiger partial charge < -0.3 is 28.8 Å². The highest BCUT2D eigenvalue weighted by Crippen LogP contribution is 2.33. The molecule has 0 saturated carbocycles. The maximum atomic E-state index is 13.6. The van der Waals surface area contributed by atoms with E-state index in [1.165, 1.54) is 11.3 Å². The van der Waals surface area contributed by atoms with Gasteiger partial charge in [-0.2, -0.15) is 0 Å². The van der Waals surface area contributed by atoms with E-state index in [2.05, 4.69) is 15.4 Å². The van der Waals surface area contributed by atoms with Crippen LogP contribution in [-0.2, 0) is 0 Å². The Morgan fingerprint density at radius 3 is 2.53 bits per heavy atom. The lowest BCUT2D eigenvalue weighted by Gasteiger charge is -2.35. The first-order valence-electron chi connectivity index (χ1n) is 12.1. The molecule has 0 unspecified atom stereocenters. The van der Waals surface area contributed by atoms with Gasteiger partial charge in [0.05, 0.1) is 12.0 Å². The van der Waals surface area contributed by atoms with Crippen LogP contribution in [0.5, 0.6) is 5.75 Å². The smallest absolute Gasteiger partial charge is 0.291 e. The highest BCUT2D eigenvalue weighted by molar-refractivity contribution is 7.13. The molecular formula is C28H24N4O5S. The lowest BCUT2D eigenvalue weighted by atomic mass is 10.2. The van der Waals surface area contributed by atoms with Crippen LogP contribution >= 0.6 is 11.3 Å². The topological polar surface area (TPSA) is 101 Å². The van der Waals surface area contributed by atoms with Crippen molar-refractivity contribution in [3.05, 3.63) is 83.6 Å². The van der Waals surface area contributed by atoms with Gasteiger partial charge in [-0.25, -0.2) is 0 Å². The van der Waals surface area contributed by atoms with Crippen LogP contribution < -0.4 is 15.0 Å². The van der Waals surface area contributed by atoms with Crippen LogP contribution in [0.2, 0.25) is 0 Å². The predicted molar refractivity (Wildman–Crippen MR) is 145 cm³/mol. The van der Waals surface area contributed by atoms with Gasteiger partial charge >= 0.3 is 0 Å². The van der Waals surface area contributed by atoms with E-state index in [-0.39, 0.29) is 17.4 Å². The molecule has 1 aliphatic heterocycles. The fourth-order valence-electron chi connectivity index (χ4n) is 4.52. The van der Waals surface area contributed by atoms with Gasteiger partial charge in [-0.3, -0.25) is 9.59 Å². The van der Waals surface area contributed by atoms with Crippen LogP contribution in [0.15, 0.2) is 81.1 Å². The first-order valence-corrected chi connectivity index (χ1v) is 13.0. The van der Waals surface area contributed by atoms with Gasteiger partial charge in [-0.15, -0.1) is 11.3 Å². The SMILES string of the molecule is COc1ccc(N2CCN(C(=O)c3oc4ccccc4c3NC(=O)c3cc(-c4cccs4)on3)CC2)cc1. The summed E-state index contributed by atoms with van der Waals surface area (Å²) in [5.74, 6) is 0.648. The van der Waals surface area contributed by atoms with Crippen molar-refractivity contribution in [1.29, 1.82) is 0 Å². The first kappa shape index (κ1) is 23.8. The normalized spacial score (nSPS) is 13.6. The summed E-state index contributed by atoms with van der Waals surface area (Å²) in [4.78, 5) is 31.6. The van der Waals surface area contributed by atoms with E-state index in [0.717, 1.165) is 16.3 Å². The quantitative estimate of drug-likeness (QED) is 0.316. The van der Waals surface area contributed by atoms with Gasteiger partial charge in [0.1, 0.15) is 17.0 Å². The zero-order chi connectivity index (χ0) is 26.1. The van der Waals surface area contributed by atoms with Crippen molar-refractivity contribution in [3.63, 3.8) is 0 Å². The summed E-state index contributed by atoms with van der Waals surface area (Å²) in [6, 6.07) is 20.5. The largest absolute Gasteiger partial charge is 0.497 e. The second-order valence-electron chi connectivity index (χ2n) is 8.79. The summed E-state index contributed by atoms with van der Waals surface area (Å²) in [5, 5.41) is 9.34. The molecule has 10 heteroatoms. The molecule has 2 aromatic carbocycles. The number of benzene rings is 2. The van der Waals surface area contributed by atoms with E-state index in [9.17, 15) is 9.59 Å². The van der Waals surface area contributed by atoms with Crippen LogP contribution in [-0.4, -0.2) is 55.2 Å². The first-order chi connectivity index (χ1) is 18.6. The fourth-order valence-corrected chi connectivity index (χ4v) is 5.19. The Balaban J connectivity index is 1.21. The van der Waals surface area contributed by atoms with Crippen molar-refractivity contribution in [2.75, 3.05) is 43.5 Å². The van der Waals surface area contributed by atoms with Crippen LogP contribution in [0, 0.1) is 0 Å². The Bertz CT molecular complexity index is 1580. The van der Waals surface area contributed by atoms with Crippen molar-refractivity contribution < 1.29 is 23.3 Å². The number of carbonyl (C=O) groups is 2. The summed E-state index contributed by atoms with van der Waals surface area (Å²) in [6.07, 6.45) is 0. The number of fused-ring (bicyclic) bond motifs is 1. The molecule has 9 nitrogen and oxygen atoms in total. The zero-order valence-corrected chi connectivity index (χ0v) is 21.4. The summed E-state index contributed by atoms with van der Waals surface area (Å²) in [5.41, 5.74) is 2.03. The standard InChI is InChI=1S/C28H24N4O5S/c1-35-19-10-8-18(9-11-19)31-12-14-32(15-13-31)28(34)26-25(20-5-2-3-6-22(20)36-26)29-27(33)21-17-23(37-30-21)24-7-4-16-38-24/h2-11,16-17H,12-15H2,1H3,(H,29,33). The molecule has 1 aliphatic rings. The highest BCUT2D eigenvalue weighted by Gasteiger charge is 2.29. The molecule has 0 aliphatic carbocycles. The van der Waals surface area contributed by atoms with E-state index < -0.39 is 5.91 Å². The number of aromatic nitrogens is 1. The van der Waals surface area contributed by atoms with Crippen LogP contribution in [0.4, 0.5) is 11.4 Å². The van der Waals surface area contributed by atoms with E-state index in [1.807, 2.05) is 60.0 Å². The molecular weight excluding hydrogens is 504 g/mol. The zero-order valence-electron chi connectivity index (χ0n) is 20.5. The molecule has 4 heterocycles. The minimum atomic E-state index is -0.485. The molecule has 0 spiro atoms. The lowest BCUT2D eigenvalue weighted by molar-refractivity contribution is 0.0718. The Labute approximate surface area is 222 Å². The van der Waals surface area contributed by atoms with Gasteiger partial charge in [0.15, 0.2) is 11.5 Å². The average Bonchev–Trinajstić information content (AvgIpc) is 3.73.